The molecule has 0 aliphatic carbocycles. The first-order valence-corrected chi connectivity index (χ1v) is 4.11. The van der Waals surface area contributed by atoms with Gasteiger partial charge in [0.2, 0.25) is 0 Å². The molecule has 1 N–H and O–H groups in total. The van der Waals surface area contributed by atoms with Crippen LogP contribution in [0.15, 0.2) is 27.8 Å². The standard InChI is InChI=1S/C8H10BrNO/c1-6(5-10-2)7-3-4-8(9)11-7/h3-4,10H,1,5H2,2H3. The van der Waals surface area contributed by atoms with Gasteiger partial charge in [-0.3, -0.25) is 0 Å². The molecule has 0 amide bonds. The van der Waals surface area contributed by atoms with Crippen LogP contribution in [0.5, 0.6) is 0 Å². The molecule has 1 aromatic rings. The van der Waals surface area contributed by atoms with Gasteiger partial charge in [0.05, 0.1) is 0 Å². The van der Waals surface area contributed by atoms with Gasteiger partial charge in [-0.15, -0.1) is 0 Å². The fourth-order valence-corrected chi connectivity index (χ4v) is 1.11. The minimum Gasteiger partial charge on any atom is -0.450 e. The van der Waals surface area contributed by atoms with Crippen LogP contribution in [0, 0.1) is 0 Å². The third-order valence-corrected chi connectivity index (χ3v) is 1.74. The molecule has 0 atom stereocenters. The quantitative estimate of drug-likeness (QED) is 0.838. The highest BCUT2D eigenvalue weighted by molar-refractivity contribution is 9.10. The van der Waals surface area contributed by atoms with Crippen LogP contribution < -0.4 is 5.32 Å². The van der Waals surface area contributed by atoms with Crippen molar-refractivity contribution in [1.82, 2.24) is 5.32 Å². The van der Waals surface area contributed by atoms with Crippen molar-refractivity contribution in [1.29, 1.82) is 0 Å². The first-order chi connectivity index (χ1) is 5.24. The second kappa shape index (κ2) is 3.74. The Morgan fingerprint density at radius 3 is 2.91 bits per heavy atom. The van der Waals surface area contributed by atoms with Crippen molar-refractivity contribution in [2.75, 3.05) is 13.6 Å². The fourth-order valence-electron chi connectivity index (χ4n) is 0.805. The summed E-state index contributed by atoms with van der Waals surface area (Å²) in [6.07, 6.45) is 0. The van der Waals surface area contributed by atoms with E-state index in [1.807, 2.05) is 19.2 Å². The van der Waals surface area contributed by atoms with Gasteiger partial charge in [-0.2, -0.15) is 0 Å². The van der Waals surface area contributed by atoms with Gasteiger partial charge in [-0.05, 0) is 35.1 Å². The Labute approximate surface area is 74.4 Å². The van der Waals surface area contributed by atoms with Gasteiger partial charge in [0, 0.05) is 12.1 Å². The predicted molar refractivity (Wildman–Crippen MR) is 49.4 cm³/mol. The summed E-state index contributed by atoms with van der Waals surface area (Å²) in [5.74, 6) is 0.825. The van der Waals surface area contributed by atoms with E-state index in [4.69, 9.17) is 4.42 Å². The van der Waals surface area contributed by atoms with Crippen LogP contribution in [0.25, 0.3) is 5.57 Å². The number of halogens is 1. The lowest BCUT2D eigenvalue weighted by atomic mass is 10.2. The fraction of sp³-hybridized carbons (Fsp3) is 0.250. The third kappa shape index (κ3) is 2.20. The number of hydrogen-bond donors (Lipinski definition) is 1. The summed E-state index contributed by atoms with van der Waals surface area (Å²) in [6, 6.07) is 3.75. The Morgan fingerprint density at radius 1 is 1.73 bits per heavy atom. The SMILES string of the molecule is C=C(CNC)c1ccc(Br)o1. The zero-order valence-electron chi connectivity index (χ0n) is 6.36. The summed E-state index contributed by atoms with van der Waals surface area (Å²) in [5, 5.41) is 3.00. The summed E-state index contributed by atoms with van der Waals surface area (Å²) in [5.41, 5.74) is 0.957. The van der Waals surface area contributed by atoms with E-state index in [1.54, 1.807) is 0 Å². The summed E-state index contributed by atoms with van der Waals surface area (Å²) in [4.78, 5) is 0. The molecular formula is C8H10BrNO. The predicted octanol–water partition coefficient (Wildman–Crippen LogP) is 2.27. The summed E-state index contributed by atoms with van der Waals surface area (Å²) in [7, 11) is 1.88. The molecule has 11 heavy (non-hydrogen) atoms. The molecule has 0 aliphatic rings. The summed E-state index contributed by atoms with van der Waals surface area (Å²) >= 11 is 3.22. The highest BCUT2D eigenvalue weighted by atomic mass is 79.9. The molecule has 0 fully saturated rings. The molecule has 60 valence electrons. The van der Waals surface area contributed by atoms with Crippen LogP contribution in [0.3, 0.4) is 0 Å². The second-order valence-corrected chi connectivity index (χ2v) is 3.02. The largest absolute Gasteiger partial charge is 0.450 e. The van der Waals surface area contributed by atoms with Crippen LogP contribution in [0.1, 0.15) is 5.76 Å². The molecular weight excluding hydrogens is 206 g/mol. The van der Waals surface area contributed by atoms with E-state index in [1.165, 1.54) is 0 Å². The topological polar surface area (TPSA) is 25.2 Å². The van der Waals surface area contributed by atoms with Crippen molar-refractivity contribution in [3.8, 4) is 0 Å². The van der Waals surface area contributed by atoms with Crippen LogP contribution >= 0.6 is 15.9 Å². The lowest BCUT2D eigenvalue weighted by molar-refractivity contribution is 0.526. The van der Waals surface area contributed by atoms with Gasteiger partial charge in [-0.25, -0.2) is 0 Å². The van der Waals surface area contributed by atoms with Crippen molar-refractivity contribution in [2.24, 2.45) is 0 Å². The average Bonchev–Trinajstić information content (AvgIpc) is 2.36. The first-order valence-electron chi connectivity index (χ1n) is 3.32. The highest BCUT2D eigenvalue weighted by Gasteiger charge is 2.01. The smallest absolute Gasteiger partial charge is 0.169 e. The monoisotopic (exact) mass is 215 g/mol. The molecule has 1 aromatic heterocycles. The maximum atomic E-state index is 5.27. The molecule has 1 heterocycles. The van der Waals surface area contributed by atoms with E-state index >= 15 is 0 Å². The Balaban J connectivity index is 2.69. The van der Waals surface area contributed by atoms with Crippen LogP contribution in [-0.4, -0.2) is 13.6 Å². The Morgan fingerprint density at radius 2 is 2.45 bits per heavy atom. The van der Waals surface area contributed by atoms with Crippen LogP contribution in [0.2, 0.25) is 0 Å². The summed E-state index contributed by atoms with van der Waals surface area (Å²) in [6.45, 7) is 4.60. The van der Waals surface area contributed by atoms with Crippen molar-refractivity contribution in [2.45, 2.75) is 0 Å². The second-order valence-electron chi connectivity index (χ2n) is 2.24. The van der Waals surface area contributed by atoms with Crippen molar-refractivity contribution >= 4 is 21.5 Å². The number of furan rings is 1. The molecule has 0 spiro atoms. The van der Waals surface area contributed by atoms with Crippen LogP contribution in [0.4, 0.5) is 0 Å². The molecule has 0 radical (unpaired) electrons. The minimum atomic E-state index is 0.741. The molecule has 3 heteroatoms. The van der Waals surface area contributed by atoms with Gasteiger partial charge in [0.1, 0.15) is 5.76 Å². The lowest BCUT2D eigenvalue weighted by Gasteiger charge is -1.98. The van der Waals surface area contributed by atoms with E-state index in [9.17, 15) is 0 Å². The molecule has 0 bridgehead atoms. The zero-order chi connectivity index (χ0) is 8.27. The molecule has 2 nitrogen and oxygen atoms in total. The van der Waals surface area contributed by atoms with Crippen LogP contribution in [-0.2, 0) is 0 Å². The van der Waals surface area contributed by atoms with Crippen molar-refractivity contribution in [3.05, 3.63) is 29.1 Å². The number of nitrogens with one attached hydrogen (secondary N) is 1. The Kier molecular flexibility index (Phi) is 2.91. The first kappa shape index (κ1) is 8.56. The number of rotatable bonds is 3. The number of likely N-dealkylation sites (N-methyl/N-ethyl adjacent to an activating group) is 1. The normalized spacial score (nSPS) is 10.0. The highest BCUT2D eigenvalue weighted by Crippen LogP contribution is 2.19. The Bertz CT molecular complexity index is 254. The average molecular weight is 216 g/mol. The zero-order valence-corrected chi connectivity index (χ0v) is 7.94. The maximum Gasteiger partial charge on any atom is 0.169 e. The molecule has 0 saturated heterocycles. The molecule has 0 saturated carbocycles. The van der Waals surface area contributed by atoms with E-state index in [0.29, 0.717) is 0 Å². The van der Waals surface area contributed by atoms with Crippen molar-refractivity contribution < 1.29 is 4.42 Å². The van der Waals surface area contributed by atoms with E-state index in [0.717, 1.165) is 22.5 Å². The lowest BCUT2D eigenvalue weighted by Crippen LogP contribution is -2.08. The minimum absolute atomic E-state index is 0.741. The molecule has 0 aliphatic heterocycles. The van der Waals surface area contributed by atoms with Crippen molar-refractivity contribution in [3.63, 3.8) is 0 Å². The van der Waals surface area contributed by atoms with Gasteiger partial charge >= 0.3 is 0 Å². The Hall–Kier alpha value is -0.540. The molecule has 0 aromatic carbocycles. The van der Waals surface area contributed by atoms with E-state index < -0.39 is 0 Å². The molecule has 1 rings (SSSR count). The summed E-state index contributed by atoms with van der Waals surface area (Å²) < 4.78 is 6.02. The maximum absolute atomic E-state index is 5.27. The van der Waals surface area contributed by atoms with Gasteiger partial charge in [-0.1, -0.05) is 6.58 Å². The van der Waals surface area contributed by atoms with Gasteiger partial charge < -0.3 is 9.73 Å². The molecule has 0 unspecified atom stereocenters. The number of hydrogen-bond acceptors (Lipinski definition) is 2. The van der Waals surface area contributed by atoms with Gasteiger partial charge in [0.25, 0.3) is 0 Å². The van der Waals surface area contributed by atoms with E-state index in [2.05, 4.69) is 27.8 Å². The van der Waals surface area contributed by atoms with Gasteiger partial charge in [0.15, 0.2) is 4.67 Å². The van der Waals surface area contributed by atoms with E-state index in [-0.39, 0.29) is 0 Å². The third-order valence-electron chi connectivity index (χ3n) is 1.31.